The van der Waals surface area contributed by atoms with Crippen molar-refractivity contribution in [3.05, 3.63) is 0 Å². The molecule has 6 nitrogen and oxygen atoms in total. The Morgan fingerprint density at radius 1 is 1.37 bits per heavy atom. The van der Waals surface area contributed by atoms with E-state index >= 15 is 0 Å². The lowest BCUT2D eigenvalue weighted by Crippen LogP contribution is -2.41. The van der Waals surface area contributed by atoms with Gasteiger partial charge >= 0.3 is 11.9 Å². The summed E-state index contributed by atoms with van der Waals surface area (Å²) in [5, 5.41) is 1.89. The molecule has 3 fully saturated rings. The summed E-state index contributed by atoms with van der Waals surface area (Å²) in [4.78, 5) is 29.2. The maximum Gasteiger partial charge on any atom is 0.313 e. The highest BCUT2D eigenvalue weighted by Gasteiger charge is 2.53. The molecule has 3 rings (SSSR count). The van der Waals surface area contributed by atoms with Crippen LogP contribution in [0, 0.1) is 5.92 Å². The molecule has 0 saturated carbocycles. The normalized spacial score (nSPS) is 38.9. The number of rotatable bonds is 1. The van der Waals surface area contributed by atoms with E-state index in [1.54, 1.807) is 0 Å². The number of hydroxylamine groups is 2. The van der Waals surface area contributed by atoms with Crippen LogP contribution >= 0.6 is 0 Å². The Balaban J connectivity index is 1.83. The van der Waals surface area contributed by atoms with E-state index in [2.05, 4.69) is 0 Å². The quantitative estimate of drug-likeness (QED) is 0.651. The molecule has 0 spiro atoms. The number of carbonyl (C=O) groups is 2. The first-order chi connectivity index (χ1) is 9.16. The summed E-state index contributed by atoms with van der Waals surface area (Å²) in [6, 6.07) is 0.0717. The van der Waals surface area contributed by atoms with Crippen molar-refractivity contribution in [2.24, 2.45) is 5.92 Å². The van der Waals surface area contributed by atoms with Crippen molar-refractivity contribution in [2.75, 3.05) is 13.2 Å². The van der Waals surface area contributed by atoms with Gasteiger partial charge < -0.3 is 9.47 Å². The first kappa shape index (κ1) is 12.9. The number of hydrogen-bond acceptors (Lipinski definition) is 6. The second-order valence-corrected chi connectivity index (χ2v) is 5.40. The van der Waals surface area contributed by atoms with Gasteiger partial charge in [-0.3, -0.25) is 14.4 Å². The molecule has 3 aliphatic heterocycles. The predicted octanol–water partition coefficient (Wildman–Crippen LogP) is 0.649. The molecule has 0 amide bonds. The van der Waals surface area contributed by atoms with Crippen LogP contribution < -0.4 is 0 Å². The van der Waals surface area contributed by atoms with E-state index in [4.69, 9.17) is 14.3 Å². The number of nitrogens with zero attached hydrogens (tertiary/aromatic N) is 1. The first-order valence-electron chi connectivity index (χ1n) is 6.94. The number of ether oxygens (including phenoxy) is 2. The van der Waals surface area contributed by atoms with Crippen molar-refractivity contribution in [3.63, 3.8) is 0 Å². The summed E-state index contributed by atoms with van der Waals surface area (Å²) in [5.41, 5.74) is 0. The van der Waals surface area contributed by atoms with E-state index in [1.165, 1.54) is 6.92 Å². The number of hydrogen-bond donors (Lipinski definition) is 0. The molecule has 0 aromatic rings. The number of cyclic esters (lactones) is 1. The average molecular weight is 269 g/mol. The van der Waals surface area contributed by atoms with Crippen LogP contribution in [0.1, 0.15) is 32.6 Å². The lowest BCUT2D eigenvalue weighted by atomic mass is 9.87. The molecular weight excluding hydrogens is 250 g/mol. The molecule has 106 valence electrons. The zero-order valence-corrected chi connectivity index (χ0v) is 11.0. The number of esters is 2. The molecule has 0 aromatic carbocycles. The van der Waals surface area contributed by atoms with Crippen molar-refractivity contribution < 1.29 is 23.9 Å². The van der Waals surface area contributed by atoms with E-state index in [1.807, 2.05) is 5.06 Å². The minimum Gasteiger partial charge on any atom is -0.465 e. The van der Waals surface area contributed by atoms with Crippen molar-refractivity contribution in [3.8, 4) is 0 Å². The van der Waals surface area contributed by atoms with E-state index < -0.39 is 0 Å². The minimum atomic E-state index is -0.389. The molecule has 0 radical (unpaired) electrons. The van der Waals surface area contributed by atoms with E-state index in [9.17, 15) is 9.59 Å². The second kappa shape index (κ2) is 5.09. The van der Waals surface area contributed by atoms with Gasteiger partial charge in [0.1, 0.15) is 18.1 Å². The van der Waals surface area contributed by atoms with Gasteiger partial charge in [0.05, 0.1) is 12.6 Å². The summed E-state index contributed by atoms with van der Waals surface area (Å²) in [7, 11) is 0. The van der Waals surface area contributed by atoms with Gasteiger partial charge in [-0.15, -0.1) is 0 Å². The SMILES string of the molecule is CC(=O)O[C@H]1CCOC(=O)[C@@H]2[C@H]1ON1CCCC[C@@H]21. The fraction of sp³-hybridized carbons (Fsp3) is 0.846. The molecule has 19 heavy (non-hydrogen) atoms. The van der Waals surface area contributed by atoms with E-state index in [0.717, 1.165) is 25.8 Å². The highest BCUT2D eigenvalue weighted by molar-refractivity contribution is 5.75. The van der Waals surface area contributed by atoms with Crippen molar-refractivity contribution >= 4 is 11.9 Å². The first-order valence-corrected chi connectivity index (χ1v) is 6.94. The van der Waals surface area contributed by atoms with Crippen LogP contribution in [0.3, 0.4) is 0 Å². The molecule has 6 heteroatoms. The molecule has 0 aromatic heterocycles. The Labute approximate surface area is 111 Å². The van der Waals surface area contributed by atoms with Gasteiger partial charge in [0.2, 0.25) is 0 Å². The summed E-state index contributed by atoms with van der Waals surface area (Å²) >= 11 is 0. The van der Waals surface area contributed by atoms with Crippen molar-refractivity contribution in [2.45, 2.75) is 50.9 Å². The van der Waals surface area contributed by atoms with Crippen LogP contribution in [-0.4, -0.2) is 48.4 Å². The number of carbonyl (C=O) groups excluding carboxylic acids is 2. The van der Waals surface area contributed by atoms with Crippen LogP contribution in [0.15, 0.2) is 0 Å². The molecule has 0 unspecified atom stereocenters. The third-order valence-corrected chi connectivity index (χ3v) is 4.13. The van der Waals surface area contributed by atoms with E-state index in [-0.39, 0.29) is 36.1 Å². The van der Waals surface area contributed by atoms with Gasteiger partial charge in [0.25, 0.3) is 0 Å². The van der Waals surface area contributed by atoms with Crippen molar-refractivity contribution in [1.82, 2.24) is 5.06 Å². The van der Waals surface area contributed by atoms with Gasteiger partial charge in [-0.1, -0.05) is 6.42 Å². The predicted molar refractivity (Wildman–Crippen MR) is 63.8 cm³/mol. The van der Waals surface area contributed by atoms with Crippen molar-refractivity contribution in [1.29, 1.82) is 0 Å². The highest BCUT2D eigenvalue weighted by Crippen LogP contribution is 2.39. The van der Waals surface area contributed by atoms with Crippen LogP contribution in [0.5, 0.6) is 0 Å². The fourth-order valence-electron chi connectivity index (χ4n) is 3.33. The smallest absolute Gasteiger partial charge is 0.313 e. The monoisotopic (exact) mass is 269 g/mol. The summed E-state index contributed by atoms with van der Waals surface area (Å²) in [5.74, 6) is -0.882. The van der Waals surface area contributed by atoms with Gasteiger partial charge in [-0.2, -0.15) is 5.06 Å². The zero-order chi connectivity index (χ0) is 13.4. The Morgan fingerprint density at radius 2 is 2.21 bits per heavy atom. The molecular formula is C13H19NO5. The summed E-state index contributed by atoms with van der Waals surface area (Å²) in [6.45, 7) is 2.50. The summed E-state index contributed by atoms with van der Waals surface area (Å²) in [6.07, 6.45) is 2.83. The number of piperidine rings is 1. The topological polar surface area (TPSA) is 65.1 Å². The van der Waals surface area contributed by atoms with Gasteiger partial charge in [-0.25, -0.2) is 0 Å². The third kappa shape index (κ3) is 2.34. The third-order valence-electron chi connectivity index (χ3n) is 4.13. The summed E-state index contributed by atoms with van der Waals surface area (Å²) < 4.78 is 10.6. The minimum absolute atomic E-state index is 0.0717. The maximum absolute atomic E-state index is 12.1. The Morgan fingerprint density at radius 3 is 3.00 bits per heavy atom. The number of fused-ring (bicyclic) bond motifs is 3. The van der Waals surface area contributed by atoms with Crippen LogP contribution in [0.4, 0.5) is 0 Å². The van der Waals surface area contributed by atoms with Gasteiger partial charge in [0, 0.05) is 19.9 Å². The molecule has 4 atom stereocenters. The molecule has 0 aliphatic carbocycles. The van der Waals surface area contributed by atoms with E-state index in [0.29, 0.717) is 13.0 Å². The van der Waals surface area contributed by atoms with Crippen LogP contribution in [-0.2, 0) is 23.9 Å². The van der Waals surface area contributed by atoms with Crippen LogP contribution in [0.2, 0.25) is 0 Å². The largest absolute Gasteiger partial charge is 0.465 e. The highest BCUT2D eigenvalue weighted by atomic mass is 16.7. The zero-order valence-electron chi connectivity index (χ0n) is 11.0. The standard InChI is InChI=1S/C13H19NO5/c1-8(15)18-10-5-7-17-13(16)11-9-4-2-3-6-14(9)19-12(10)11/h9-12H,2-7H2,1H3/t9-,10-,11-,12-/m0/s1. The Kier molecular flexibility index (Phi) is 3.45. The fourth-order valence-corrected chi connectivity index (χ4v) is 3.33. The average Bonchev–Trinajstić information content (AvgIpc) is 2.69. The Bertz CT molecular complexity index is 385. The molecule has 0 bridgehead atoms. The second-order valence-electron chi connectivity index (χ2n) is 5.40. The molecule has 3 aliphatic rings. The molecule has 3 saturated heterocycles. The Hall–Kier alpha value is -1.14. The van der Waals surface area contributed by atoms with Crippen LogP contribution in [0.25, 0.3) is 0 Å². The molecule has 0 N–H and O–H groups in total. The lowest BCUT2D eigenvalue weighted by Gasteiger charge is -2.28. The maximum atomic E-state index is 12.1. The molecule has 3 heterocycles. The lowest BCUT2D eigenvalue weighted by molar-refractivity contribution is -0.201. The van der Waals surface area contributed by atoms with Gasteiger partial charge in [-0.05, 0) is 12.8 Å². The van der Waals surface area contributed by atoms with Gasteiger partial charge in [0.15, 0.2) is 0 Å².